The number of rotatable bonds is 7. The van der Waals surface area contributed by atoms with Crippen molar-refractivity contribution in [2.24, 2.45) is 0 Å². The van der Waals surface area contributed by atoms with Crippen molar-refractivity contribution in [1.29, 1.82) is 0 Å². The van der Waals surface area contributed by atoms with Crippen LogP contribution in [0.4, 0.5) is 0 Å². The molecular weight excluding hydrogens is 338 g/mol. The van der Waals surface area contributed by atoms with Gasteiger partial charge in [-0.25, -0.2) is 4.98 Å². The summed E-state index contributed by atoms with van der Waals surface area (Å²) >= 11 is 3.56. The number of thioether (sulfide) groups is 2. The zero-order valence-corrected chi connectivity index (χ0v) is 15.8. The average molecular weight is 360 g/mol. The van der Waals surface area contributed by atoms with Crippen molar-refractivity contribution >= 4 is 34.6 Å². The van der Waals surface area contributed by atoms with Crippen LogP contribution in [0.2, 0.25) is 0 Å². The second-order valence-electron chi connectivity index (χ2n) is 5.28. The molecule has 24 heavy (non-hydrogen) atoms. The highest BCUT2D eigenvalue weighted by Gasteiger charge is 2.08. The number of nitrogens with one attached hydrogen (secondary N) is 1. The lowest BCUT2D eigenvalue weighted by Gasteiger charge is -2.08. The SMILES string of the molecule is CCSc1cc(CSc2nc3ccc(OC)cc3[nH]2)ncc1CC. The van der Waals surface area contributed by atoms with Gasteiger partial charge in [-0.1, -0.05) is 25.6 Å². The quantitative estimate of drug-likeness (QED) is 0.606. The van der Waals surface area contributed by atoms with Gasteiger partial charge in [0.15, 0.2) is 5.16 Å². The standard InChI is InChI=1S/C18H21N3OS2/c1-4-12-10-19-13(8-17(12)23-5-2)11-24-18-20-15-7-6-14(22-3)9-16(15)21-18/h6-10H,4-5,11H2,1-3H3,(H,20,21). The molecule has 126 valence electrons. The largest absolute Gasteiger partial charge is 0.497 e. The topological polar surface area (TPSA) is 50.8 Å². The lowest BCUT2D eigenvalue weighted by molar-refractivity contribution is 0.415. The van der Waals surface area contributed by atoms with Gasteiger partial charge in [0.05, 0.1) is 23.8 Å². The minimum Gasteiger partial charge on any atom is -0.497 e. The number of H-pyrrole nitrogens is 1. The van der Waals surface area contributed by atoms with Crippen LogP contribution in [0.25, 0.3) is 11.0 Å². The third-order valence-corrected chi connectivity index (χ3v) is 5.59. The smallest absolute Gasteiger partial charge is 0.166 e. The van der Waals surface area contributed by atoms with Gasteiger partial charge in [0.25, 0.3) is 0 Å². The minimum absolute atomic E-state index is 0.804. The number of hydrogen-bond acceptors (Lipinski definition) is 5. The highest BCUT2D eigenvalue weighted by molar-refractivity contribution is 7.99. The predicted molar refractivity (Wildman–Crippen MR) is 102 cm³/mol. The Labute approximate surface area is 150 Å². The fourth-order valence-electron chi connectivity index (χ4n) is 2.44. The molecule has 2 aromatic heterocycles. The van der Waals surface area contributed by atoms with Gasteiger partial charge in [0.2, 0.25) is 0 Å². The Morgan fingerprint density at radius 2 is 2.04 bits per heavy atom. The Bertz CT molecular complexity index is 832. The monoisotopic (exact) mass is 359 g/mol. The first kappa shape index (κ1) is 17.2. The second-order valence-corrected chi connectivity index (χ2v) is 7.55. The molecule has 0 unspecified atom stereocenters. The summed E-state index contributed by atoms with van der Waals surface area (Å²) in [5.41, 5.74) is 4.36. The summed E-state index contributed by atoms with van der Waals surface area (Å²) in [6.45, 7) is 4.36. The molecular formula is C18H21N3OS2. The highest BCUT2D eigenvalue weighted by atomic mass is 32.2. The molecule has 1 N–H and O–H groups in total. The third-order valence-electron chi connectivity index (χ3n) is 3.71. The van der Waals surface area contributed by atoms with Crippen LogP contribution in [-0.4, -0.2) is 27.8 Å². The number of aryl methyl sites for hydroxylation is 1. The fourth-order valence-corrected chi connectivity index (χ4v) is 4.14. The molecule has 0 bridgehead atoms. The molecule has 3 rings (SSSR count). The average Bonchev–Trinajstić information content (AvgIpc) is 3.02. The number of hydrogen-bond donors (Lipinski definition) is 1. The van der Waals surface area contributed by atoms with Crippen LogP contribution >= 0.6 is 23.5 Å². The Morgan fingerprint density at radius 3 is 2.79 bits per heavy atom. The summed E-state index contributed by atoms with van der Waals surface area (Å²) < 4.78 is 5.25. The number of aromatic amines is 1. The van der Waals surface area contributed by atoms with Gasteiger partial charge in [-0.15, -0.1) is 11.8 Å². The van der Waals surface area contributed by atoms with Gasteiger partial charge in [-0.2, -0.15) is 0 Å². The zero-order valence-electron chi connectivity index (χ0n) is 14.1. The molecule has 0 aliphatic heterocycles. The highest BCUT2D eigenvalue weighted by Crippen LogP contribution is 2.28. The van der Waals surface area contributed by atoms with E-state index >= 15 is 0 Å². The van der Waals surface area contributed by atoms with E-state index in [1.165, 1.54) is 10.5 Å². The third kappa shape index (κ3) is 3.87. The van der Waals surface area contributed by atoms with Crippen LogP contribution in [0, 0.1) is 0 Å². The number of methoxy groups -OCH3 is 1. The minimum atomic E-state index is 0.804. The van der Waals surface area contributed by atoms with E-state index < -0.39 is 0 Å². The van der Waals surface area contributed by atoms with E-state index in [1.807, 2.05) is 36.2 Å². The predicted octanol–water partition coefficient (Wildman–Crippen LogP) is 4.93. The van der Waals surface area contributed by atoms with E-state index in [4.69, 9.17) is 4.74 Å². The summed E-state index contributed by atoms with van der Waals surface area (Å²) in [5.74, 6) is 2.72. The molecule has 0 saturated heterocycles. The number of imidazole rings is 1. The molecule has 0 aliphatic rings. The molecule has 0 atom stereocenters. The molecule has 3 aromatic rings. The summed E-state index contributed by atoms with van der Waals surface area (Å²) in [5, 5.41) is 0.907. The van der Waals surface area contributed by atoms with E-state index in [9.17, 15) is 0 Å². The number of fused-ring (bicyclic) bond motifs is 1. The van der Waals surface area contributed by atoms with Gasteiger partial charge in [-0.05, 0) is 35.9 Å². The van der Waals surface area contributed by atoms with Crippen LogP contribution in [0.1, 0.15) is 25.1 Å². The maximum atomic E-state index is 5.25. The number of aromatic nitrogens is 3. The summed E-state index contributed by atoms with van der Waals surface area (Å²) in [6, 6.07) is 8.08. The maximum Gasteiger partial charge on any atom is 0.166 e. The molecule has 2 heterocycles. The lowest BCUT2D eigenvalue weighted by Crippen LogP contribution is -1.94. The molecule has 0 aliphatic carbocycles. The van der Waals surface area contributed by atoms with E-state index in [0.29, 0.717) is 0 Å². The zero-order chi connectivity index (χ0) is 16.9. The van der Waals surface area contributed by atoms with Crippen molar-refractivity contribution in [3.8, 4) is 5.75 Å². The van der Waals surface area contributed by atoms with Crippen LogP contribution in [0.5, 0.6) is 5.75 Å². The number of nitrogens with zero attached hydrogens (tertiary/aromatic N) is 2. The first-order valence-electron chi connectivity index (χ1n) is 8.00. The number of pyridine rings is 1. The molecule has 0 saturated carbocycles. The van der Waals surface area contributed by atoms with Gasteiger partial charge in [-0.3, -0.25) is 4.98 Å². The van der Waals surface area contributed by atoms with Gasteiger partial charge in [0.1, 0.15) is 5.75 Å². The van der Waals surface area contributed by atoms with Crippen molar-refractivity contribution in [1.82, 2.24) is 15.0 Å². The summed E-state index contributed by atoms with van der Waals surface area (Å²) in [7, 11) is 1.67. The molecule has 0 spiro atoms. The molecule has 0 fully saturated rings. The van der Waals surface area contributed by atoms with Crippen molar-refractivity contribution < 1.29 is 4.74 Å². The summed E-state index contributed by atoms with van der Waals surface area (Å²) in [6.07, 6.45) is 3.03. The number of ether oxygens (including phenoxy) is 1. The first-order chi connectivity index (χ1) is 11.7. The van der Waals surface area contributed by atoms with Gasteiger partial charge < -0.3 is 9.72 Å². The van der Waals surface area contributed by atoms with Gasteiger partial charge in [0, 0.05) is 22.9 Å². The Kier molecular flexibility index (Phi) is 5.68. The maximum absolute atomic E-state index is 5.25. The Hall–Kier alpha value is -1.66. The summed E-state index contributed by atoms with van der Waals surface area (Å²) in [4.78, 5) is 13.9. The van der Waals surface area contributed by atoms with E-state index in [0.717, 1.165) is 45.6 Å². The first-order valence-corrected chi connectivity index (χ1v) is 9.97. The van der Waals surface area contributed by atoms with Crippen molar-refractivity contribution in [2.75, 3.05) is 12.9 Å². The lowest BCUT2D eigenvalue weighted by atomic mass is 10.2. The number of benzene rings is 1. The van der Waals surface area contributed by atoms with E-state index in [2.05, 4.69) is 34.9 Å². The van der Waals surface area contributed by atoms with Gasteiger partial charge >= 0.3 is 0 Å². The van der Waals surface area contributed by atoms with Crippen LogP contribution < -0.4 is 4.74 Å². The van der Waals surface area contributed by atoms with E-state index in [1.54, 1.807) is 18.9 Å². The van der Waals surface area contributed by atoms with Crippen molar-refractivity contribution in [3.63, 3.8) is 0 Å². The Morgan fingerprint density at radius 1 is 1.17 bits per heavy atom. The molecule has 0 radical (unpaired) electrons. The van der Waals surface area contributed by atoms with Crippen molar-refractivity contribution in [3.05, 3.63) is 41.7 Å². The van der Waals surface area contributed by atoms with Crippen LogP contribution in [-0.2, 0) is 12.2 Å². The molecule has 6 heteroatoms. The van der Waals surface area contributed by atoms with E-state index in [-0.39, 0.29) is 0 Å². The van der Waals surface area contributed by atoms with Crippen LogP contribution in [0.3, 0.4) is 0 Å². The second kappa shape index (κ2) is 7.94. The molecule has 4 nitrogen and oxygen atoms in total. The normalized spacial score (nSPS) is 11.1. The fraction of sp³-hybridized carbons (Fsp3) is 0.333. The molecule has 1 aromatic carbocycles. The van der Waals surface area contributed by atoms with Crippen LogP contribution in [0.15, 0.2) is 40.5 Å². The van der Waals surface area contributed by atoms with Crippen molar-refractivity contribution in [2.45, 2.75) is 36.1 Å². The Balaban J connectivity index is 1.74. The molecule has 0 amide bonds.